The van der Waals surface area contributed by atoms with Crippen LogP contribution in [0.1, 0.15) is 31.2 Å². The molecule has 1 atom stereocenters. The van der Waals surface area contributed by atoms with Gasteiger partial charge in [-0.2, -0.15) is 0 Å². The first kappa shape index (κ1) is 14.8. The van der Waals surface area contributed by atoms with Crippen LogP contribution in [0.4, 0.5) is 5.69 Å². The number of hydrogen-bond donors (Lipinski definition) is 2. The van der Waals surface area contributed by atoms with Crippen LogP contribution in [-0.4, -0.2) is 34.2 Å². The Morgan fingerprint density at radius 1 is 1.29 bits per heavy atom. The number of nitrogens with one attached hydrogen (secondary N) is 2. The van der Waals surface area contributed by atoms with Crippen LogP contribution in [-0.2, 0) is 21.2 Å². The summed E-state index contributed by atoms with van der Waals surface area (Å²) in [5.41, 5.74) is 1.85. The number of anilines is 1. The van der Waals surface area contributed by atoms with E-state index in [1.165, 1.54) is 0 Å². The van der Waals surface area contributed by atoms with Gasteiger partial charge in [-0.15, -0.1) is 0 Å². The van der Waals surface area contributed by atoms with Gasteiger partial charge in [0, 0.05) is 25.4 Å². The Hall–Kier alpha value is -1.11. The number of hydrogen-bond acceptors (Lipinski definition) is 4. The molecular weight excluding hydrogens is 288 g/mol. The Bertz CT molecular complexity index is 595. The number of rotatable bonds is 4. The maximum atomic E-state index is 12.6. The zero-order valence-corrected chi connectivity index (χ0v) is 12.9. The summed E-state index contributed by atoms with van der Waals surface area (Å²) in [5.74, 6) is 0. The van der Waals surface area contributed by atoms with E-state index in [1.54, 1.807) is 12.1 Å². The van der Waals surface area contributed by atoms with Crippen LogP contribution >= 0.6 is 0 Å². The minimum absolute atomic E-state index is 0.00573. The van der Waals surface area contributed by atoms with E-state index in [2.05, 4.69) is 10.0 Å². The third-order valence-corrected chi connectivity index (χ3v) is 5.62. The maximum absolute atomic E-state index is 12.6. The fourth-order valence-electron chi connectivity index (χ4n) is 2.98. The highest BCUT2D eigenvalue weighted by Gasteiger charge is 2.24. The Balaban J connectivity index is 1.75. The normalized spacial score (nSPS) is 22.4. The van der Waals surface area contributed by atoms with Crippen molar-refractivity contribution in [3.05, 3.63) is 23.8 Å². The SMILES string of the molecule is O=S(=O)(NCC1CCCCO1)c1cccc2c1CCCN2. The molecule has 0 aliphatic carbocycles. The second kappa shape index (κ2) is 6.34. The van der Waals surface area contributed by atoms with Crippen molar-refractivity contribution in [2.45, 2.75) is 43.1 Å². The van der Waals surface area contributed by atoms with Crippen LogP contribution < -0.4 is 10.0 Å². The van der Waals surface area contributed by atoms with Gasteiger partial charge in [-0.25, -0.2) is 13.1 Å². The van der Waals surface area contributed by atoms with Crippen LogP contribution in [0.25, 0.3) is 0 Å². The van der Waals surface area contributed by atoms with Crippen molar-refractivity contribution in [3.8, 4) is 0 Å². The zero-order valence-electron chi connectivity index (χ0n) is 12.1. The third kappa shape index (κ3) is 3.39. The first-order valence-corrected chi connectivity index (χ1v) is 9.12. The van der Waals surface area contributed by atoms with Gasteiger partial charge in [0.25, 0.3) is 0 Å². The fourth-order valence-corrected chi connectivity index (χ4v) is 4.33. The molecule has 3 rings (SSSR count). The van der Waals surface area contributed by atoms with Gasteiger partial charge in [0.05, 0.1) is 11.0 Å². The predicted molar refractivity (Wildman–Crippen MR) is 82.0 cm³/mol. The maximum Gasteiger partial charge on any atom is 0.241 e. The number of sulfonamides is 1. The lowest BCUT2D eigenvalue weighted by molar-refractivity contribution is 0.0200. The van der Waals surface area contributed by atoms with Crippen LogP contribution in [0.3, 0.4) is 0 Å². The minimum Gasteiger partial charge on any atom is -0.385 e. The smallest absolute Gasteiger partial charge is 0.241 e. The molecule has 0 radical (unpaired) electrons. The second-order valence-corrected chi connectivity index (χ2v) is 7.39. The van der Waals surface area contributed by atoms with Gasteiger partial charge in [-0.3, -0.25) is 0 Å². The van der Waals surface area contributed by atoms with Crippen molar-refractivity contribution in [1.29, 1.82) is 0 Å². The molecule has 5 nitrogen and oxygen atoms in total. The molecule has 0 bridgehead atoms. The molecule has 0 spiro atoms. The van der Waals surface area contributed by atoms with Gasteiger partial charge in [-0.1, -0.05) is 6.07 Å². The van der Waals surface area contributed by atoms with Crippen LogP contribution in [0.2, 0.25) is 0 Å². The number of ether oxygens (including phenoxy) is 1. The molecule has 1 unspecified atom stereocenters. The molecule has 1 fully saturated rings. The van der Waals surface area contributed by atoms with Crippen molar-refractivity contribution in [2.75, 3.05) is 25.0 Å². The molecule has 2 aliphatic rings. The summed E-state index contributed by atoms with van der Waals surface area (Å²) < 4.78 is 33.4. The summed E-state index contributed by atoms with van der Waals surface area (Å²) in [4.78, 5) is 0.406. The summed E-state index contributed by atoms with van der Waals surface area (Å²) >= 11 is 0. The van der Waals surface area contributed by atoms with E-state index < -0.39 is 10.0 Å². The van der Waals surface area contributed by atoms with E-state index in [0.29, 0.717) is 11.4 Å². The molecule has 21 heavy (non-hydrogen) atoms. The first-order chi connectivity index (χ1) is 10.2. The lowest BCUT2D eigenvalue weighted by atomic mass is 10.0. The van der Waals surface area contributed by atoms with Crippen LogP contribution in [0.15, 0.2) is 23.1 Å². The molecule has 6 heteroatoms. The van der Waals surface area contributed by atoms with Crippen molar-refractivity contribution in [3.63, 3.8) is 0 Å². The van der Waals surface area contributed by atoms with Gasteiger partial charge in [0.1, 0.15) is 0 Å². The molecule has 2 heterocycles. The van der Waals surface area contributed by atoms with E-state index in [-0.39, 0.29) is 6.10 Å². The van der Waals surface area contributed by atoms with Gasteiger partial charge in [0.15, 0.2) is 0 Å². The van der Waals surface area contributed by atoms with Gasteiger partial charge in [-0.05, 0) is 49.8 Å². The Morgan fingerprint density at radius 3 is 3.00 bits per heavy atom. The van der Waals surface area contributed by atoms with Crippen LogP contribution in [0, 0.1) is 0 Å². The van der Waals surface area contributed by atoms with Crippen molar-refractivity contribution >= 4 is 15.7 Å². The van der Waals surface area contributed by atoms with Gasteiger partial charge >= 0.3 is 0 Å². The van der Waals surface area contributed by atoms with E-state index in [0.717, 1.165) is 56.5 Å². The van der Waals surface area contributed by atoms with Crippen molar-refractivity contribution < 1.29 is 13.2 Å². The Kier molecular flexibility index (Phi) is 4.47. The van der Waals surface area contributed by atoms with E-state index in [9.17, 15) is 8.42 Å². The molecule has 116 valence electrons. The quantitative estimate of drug-likeness (QED) is 0.891. The molecule has 0 amide bonds. The molecule has 0 aromatic heterocycles. The lowest BCUT2D eigenvalue weighted by Gasteiger charge is -2.24. The van der Waals surface area contributed by atoms with E-state index in [1.807, 2.05) is 6.07 Å². The minimum atomic E-state index is -3.47. The van der Waals surface area contributed by atoms with Crippen molar-refractivity contribution in [2.24, 2.45) is 0 Å². The molecule has 2 aliphatic heterocycles. The van der Waals surface area contributed by atoms with Crippen molar-refractivity contribution in [1.82, 2.24) is 4.72 Å². The molecule has 2 N–H and O–H groups in total. The summed E-state index contributed by atoms with van der Waals surface area (Å²) in [7, 11) is -3.47. The molecular formula is C15H22N2O3S. The zero-order chi connectivity index (χ0) is 14.7. The fraction of sp³-hybridized carbons (Fsp3) is 0.600. The highest BCUT2D eigenvalue weighted by atomic mass is 32.2. The molecule has 1 aromatic rings. The summed E-state index contributed by atoms with van der Waals surface area (Å²) in [6.07, 6.45) is 4.88. The topological polar surface area (TPSA) is 67.4 Å². The lowest BCUT2D eigenvalue weighted by Crippen LogP contribution is -2.36. The Morgan fingerprint density at radius 2 is 2.19 bits per heavy atom. The predicted octanol–water partition coefficient (Wildman–Crippen LogP) is 1.89. The second-order valence-electron chi connectivity index (χ2n) is 5.65. The highest BCUT2D eigenvalue weighted by molar-refractivity contribution is 7.89. The number of benzene rings is 1. The van der Waals surface area contributed by atoms with Crippen LogP contribution in [0.5, 0.6) is 0 Å². The average molecular weight is 310 g/mol. The summed E-state index contributed by atoms with van der Waals surface area (Å²) in [6, 6.07) is 5.43. The largest absolute Gasteiger partial charge is 0.385 e. The first-order valence-electron chi connectivity index (χ1n) is 7.64. The van der Waals surface area contributed by atoms with Gasteiger partial charge in [0.2, 0.25) is 10.0 Å². The standard InChI is InChI=1S/C15H22N2O3S/c18-21(19,17-11-12-5-1-2-10-20-12)15-8-3-7-14-13(15)6-4-9-16-14/h3,7-8,12,16-17H,1-2,4-6,9-11H2. The highest BCUT2D eigenvalue weighted by Crippen LogP contribution is 2.28. The van der Waals surface area contributed by atoms with Gasteiger partial charge < -0.3 is 10.1 Å². The molecule has 0 saturated carbocycles. The monoisotopic (exact) mass is 310 g/mol. The average Bonchev–Trinajstić information content (AvgIpc) is 2.53. The molecule has 1 aromatic carbocycles. The Labute approximate surface area is 126 Å². The number of fused-ring (bicyclic) bond motifs is 1. The van der Waals surface area contributed by atoms with E-state index >= 15 is 0 Å². The van der Waals surface area contributed by atoms with E-state index in [4.69, 9.17) is 4.74 Å². The third-order valence-electron chi connectivity index (χ3n) is 4.12. The summed E-state index contributed by atoms with van der Waals surface area (Å²) in [5, 5.41) is 3.26. The summed E-state index contributed by atoms with van der Waals surface area (Å²) in [6.45, 7) is 2.00. The molecule has 1 saturated heterocycles.